The molecule has 5 heterocycles. The zero-order valence-electron chi connectivity index (χ0n) is 22.5. The predicted octanol–water partition coefficient (Wildman–Crippen LogP) is 3.08. The number of halogens is 1. The van der Waals surface area contributed by atoms with Crippen molar-refractivity contribution in [1.29, 1.82) is 0 Å². The fourth-order valence-electron chi connectivity index (χ4n) is 5.97. The summed E-state index contributed by atoms with van der Waals surface area (Å²) in [5.41, 5.74) is 5.06. The number of likely N-dealkylation sites (tertiary alicyclic amines) is 1. The van der Waals surface area contributed by atoms with Crippen LogP contribution in [-0.4, -0.2) is 88.3 Å². The number of ether oxygens (including phenoxy) is 2. The summed E-state index contributed by atoms with van der Waals surface area (Å²) in [6.07, 6.45) is 4.50. The second kappa shape index (κ2) is 10.5. The number of piperazine rings is 1. The van der Waals surface area contributed by atoms with E-state index in [2.05, 4.69) is 46.6 Å². The zero-order chi connectivity index (χ0) is 27.1. The van der Waals surface area contributed by atoms with E-state index >= 15 is 0 Å². The smallest absolute Gasteiger partial charge is 0.318 e. The van der Waals surface area contributed by atoms with Crippen LogP contribution >= 0.6 is 0 Å². The Labute approximate surface area is 226 Å². The van der Waals surface area contributed by atoms with Crippen LogP contribution in [0.4, 0.5) is 10.2 Å². The third kappa shape index (κ3) is 4.96. The van der Waals surface area contributed by atoms with E-state index in [1.54, 1.807) is 0 Å². The maximum atomic E-state index is 13.4. The second-order valence-corrected chi connectivity index (χ2v) is 10.7. The molecule has 0 radical (unpaired) electrons. The standard InChI is InChI=1S/C28H34FN7O3/c1-17-6-7-22-20(14-30-33-22)25(17)24-13-23-21(16-38-24)26(35-9-11-36(12-10-35)27(37)18(2)29)32-28(31-23)39-15-19-5-4-8-34(19)3/h6-7,14,19,24H,2,4-5,8-13,15-16H2,1,3H3,(H,30,33)/t19-,24?/m0/s1. The molecule has 11 heteroatoms. The number of H-pyrrole nitrogens is 1. The summed E-state index contributed by atoms with van der Waals surface area (Å²) in [6.45, 7) is 9.00. The molecule has 1 aromatic carbocycles. The minimum absolute atomic E-state index is 0.180. The number of carbonyl (C=O) groups excluding carboxylic acids is 1. The molecule has 0 aliphatic carbocycles. The number of aromatic amines is 1. The van der Waals surface area contributed by atoms with Gasteiger partial charge in [-0.25, -0.2) is 4.39 Å². The number of nitrogens with one attached hydrogen (secondary N) is 1. The molecule has 6 rings (SSSR count). The van der Waals surface area contributed by atoms with E-state index in [0.717, 1.165) is 58.5 Å². The van der Waals surface area contributed by atoms with Crippen LogP contribution in [0.2, 0.25) is 0 Å². The number of aromatic nitrogens is 4. The van der Waals surface area contributed by atoms with Gasteiger partial charge in [-0.2, -0.15) is 15.1 Å². The number of anilines is 1. The van der Waals surface area contributed by atoms with E-state index < -0.39 is 11.7 Å². The van der Waals surface area contributed by atoms with Crippen molar-refractivity contribution in [1.82, 2.24) is 30.0 Å². The first-order valence-electron chi connectivity index (χ1n) is 13.5. The van der Waals surface area contributed by atoms with Crippen LogP contribution in [-0.2, 0) is 22.6 Å². The van der Waals surface area contributed by atoms with Gasteiger partial charge in [0.15, 0.2) is 5.83 Å². The third-order valence-corrected chi connectivity index (χ3v) is 8.24. The molecule has 0 bridgehead atoms. The lowest BCUT2D eigenvalue weighted by Gasteiger charge is -2.37. The van der Waals surface area contributed by atoms with Gasteiger partial charge in [0.2, 0.25) is 0 Å². The van der Waals surface area contributed by atoms with Gasteiger partial charge in [0.1, 0.15) is 12.4 Å². The quantitative estimate of drug-likeness (QED) is 0.481. The van der Waals surface area contributed by atoms with E-state index in [-0.39, 0.29) is 6.10 Å². The van der Waals surface area contributed by atoms with Gasteiger partial charge in [0.25, 0.3) is 5.91 Å². The molecule has 3 aliphatic heterocycles. The number of nitrogens with zero attached hydrogens (tertiary/aromatic N) is 6. The topological polar surface area (TPSA) is 99.7 Å². The van der Waals surface area contributed by atoms with Gasteiger partial charge in [-0.3, -0.25) is 9.89 Å². The highest BCUT2D eigenvalue weighted by Gasteiger charge is 2.32. The SMILES string of the molecule is C=C(F)C(=O)N1CCN(c2nc(OC[C@@H]3CCCN3C)nc3c2COC(c2c(C)ccc4[nH]ncc24)C3)CC1. The minimum Gasteiger partial charge on any atom is -0.462 e. The first-order chi connectivity index (χ1) is 18.9. The molecule has 3 aliphatic rings. The molecule has 2 atom stereocenters. The van der Waals surface area contributed by atoms with Gasteiger partial charge in [0.05, 0.1) is 30.1 Å². The molecule has 0 spiro atoms. The van der Waals surface area contributed by atoms with Crippen molar-refractivity contribution in [3.63, 3.8) is 0 Å². The van der Waals surface area contributed by atoms with Crippen molar-refractivity contribution in [3.8, 4) is 6.01 Å². The van der Waals surface area contributed by atoms with Gasteiger partial charge in [-0.15, -0.1) is 0 Å². The van der Waals surface area contributed by atoms with Gasteiger partial charge < -0.3 is 24.2 Å². The lowest BCUT2D eigenvalue weighted by atomic mass is 9.93. The summed E-state index contributed by atoms with van der Waals surface area (Å²) in [5, 5.41) is 8.34. The molecule has 39 heavy (non-hydrogen) atoms. The van der Waals surface area contributed by atoms with Crippen molar-refractivity contribution in [2.45, 2.75) is 44.9 Å². The molecule has 206 valence electrons. The van der Waals surface area contributed by atoms with Crippen molar-refractivity contribution in [2.75, 3.05) is 51.3 Å². The minimum atomic E-state index is -0.933. The first kappa shape index (κ1) is 25.7. The number of hydrogen-bond donors (Lipinski definition) is 1. The molecular weight excluding hydrogens is 501 g/mol. The maximum Gasteiger partial charge on any atom is 0.318 e. The number of hydrogen-bond acceptors (Lipinski definition) is 8. The number of amides is 1. The molecule has 0 saturated carbocycles. The monoisotopic (exact) mass is 535 g/mol. The van der Waals surface area contributed by atoms with Gasteiger partial charge >= 0.3 is 6.01 Å². The maximum absolute atomic E-state index is 13.4. The average Bonchev–Trinajstić information content (AvgIpc) is 3.59. The van der Waals surface area contributed by atoms with Crippen molar-refractivity contribution >= 4 is 22.6 Å². The lowest BCUT2D eigenvalue weighted by Crippen LogP contribution is -2.49. The Hall–Kier alpha value is -3.57. The van der Waals surface area contributed by atoms with E-state index in [1.807, 2.05) is 12.3 Å². The average molecular weight is 536 g/mol. The second-order valence-electron chi connectivity index (χ2n) is 10.7. The summed E-state index contributed by atoms with van der Waals surface area (Å²) in [5.74, 6) is -0.825. The highest BCUT2D eigenvalue weighted by Crippen LogP contribution is 2.38. The molecule has 10 nitrogen and oxygen atoms in total. The van der Waals surface area contributed by atoms with Gasteiger partial charge in [-0.1, -0.05) is 12.6 Å². The van der Waals surface area contributed by atoms with Crippen LogP contribution in [0.5, 0.6) is 6.01 Å². The summed E-state index contributed by atoms with van der Waals surface area (Å²) < 4.78 is 26.1. The number of carbonyl (C=O) groups is 1. The Balaban J connectivity index is 1.30. The van der Waals surface area contributed by atoms with Crippen molar-refractivity contribution in [3.05, 3.63) is 53.1 Å². The summed E-state index contributed by atoms with van der Waals surface area (Å²) >= 11 is 0. The lowest BCUT2D eigenvalue weighted by molar-refractivity contribution is -0.128. The highest BCUT2D eigenvalue weighted by atomic mass is 19.1. The summed E-state index contributed by atoms with van der Waals surface area (Å²) in [4.78, 5) is 27.7. The zero-order valence-corrected chi connectivity index (χ0v) is 22.5. The molecule has 3 aromatic rings. The van der Waals surface area contributed by atoms with Crippen LogP contribution < -0.4 is 9.64 Å². The normalized spacial score (nSPS) is 21.8. The van der Waals surface area contributed by atoms with Crippen molar-refractivity contribution < 1.29 is 18.7 Å². The Kier molecular flexibility index (Phi) is 6.94. The molecular formula is C28H34FN7O3. The first-order valence-corrected chi connectivity index (χ1v) is 13.5. The van der Waals surface area contributed by atoms with Crippen LogP contribution in [0.15, 0.2) is 30.7 Å². The Morgan fingerprint density at radius 1 is 1.23 bits per heavy atom. The van der Waals surface area contributed by atoms with E-state index in [4.69, 9.17) is 19.4 Å². The fraction of sp³-hybridized carbons (Fsp3) is 0.500. The fourth-order valence-corrected chi connectivity index (χ4v) is 5.97. The van der Waals surface area contributed by atoms with E-state index in [1.165, 1.54) is 4.90 Å². The molecule has 1 unspecified atom stereocenters. The number of aryl methyl sites for hydroxylation is 1. The number of fused-ring (bicyclic) bond motifs is 2. The van der Waals surface area contributed by atoms with E-state index in [0.29, 0.717) is 57.9 Å². The predicted molar refractivity (Wildman–Crippen MR) is 144 cm³/mol. The Morgan fingerprint density at radius 3 is 2.79 bits per heavy atom. The molecule has 2 fully saturated rings. The van der Waals surface area contributed by atoms with Gasteiger partial charge in [-0.05, 0) is 50.6 Å². The Bertz CT molecular complexity index is 1400. The summed E-state index contributed by atoms with van der Waals surface area (Å²) in [7, 11) is 2.12. The van der Waals surface area contributed by atoms with Crippen LogP contribution in [0.3, 0.4) is 0 Å². The Morgan fingerprint density at radius 2 is 2.05 bits per heavy atom. The van der Waals surface area contributed by atoms with Crippen molar-refractivity contribution in [2.24, 2.45) is 0 Å². The molecule has 2 aromatic heterocycles. The van der Waals surface area contributed by atoms with Crippen LogP contribution in [0.1, 0.15) is 41.3 Å². The summed E-state index contributed by atoms with van der Waals surface area (Å²) in [6, 6.07) is 4.82. The number of likely N-dealkylation sites (N-methyl/N-ethyl adjacent to an activating group) is 1. The van der Waals surface area contributed by atoms with Crippen LogP contribution in [0, 0.1) is 6.92 Å². The van der Waals surface area contributed by atoms with Crippen LogP contribution in [0.25, 0.3) is 10.9 Å². The van der Waals surface area contributed by atoms with Gasteiger partial charge in [0, 0.05) is 49.6 Å². The number of rotatable bonds is 6. The molecule has 1 amide bonds. The molecule has 2 saturated heterocycles. The third-order valence-electron chi connectivity index (χ3n) is 8.24. The highest BCUT2D eigenvalue weighted by molar-refractivity contribution is 5.90. The van der Waals surface area contributed by atoms with E-state index in [9.17, 15) is 9.18 Å². The largest absolute Gasteiger partial charge is 0.462 e. The molecule has 1 N–H and O–H groups in total. The number of benzene rings is 1.